The van der Waals surface area contributed by atoms with Crippen LogP contribution >= 0.6 is 0 Å². The molecule has 1 aliphatic heterocycles. The van der Waals surface area contributed by atoms with Gasteiger partial charge in [0.2, 0.25) is 0 Å². The van der Waals surface area contributed by atoms with E-state index in [1.165, 1.54) is 16.7 Å². The summed E-state index contributed by atoms with van der Waals surface area (Å²) >= 11 is 0. The van der Waals surface area contributed by atoms with Gasteiger partial charge in [-0.25, -0.2) is 4.68 Å². The minimum absolute atomic E-state index is 0.0536. The van der Waals surface area contributed by atoms with E-state index in [0.29, 0.717) is 18.7 Å². The SMILES string of the molecule is COc1ccc(CN2CCC[C@H](n3cc(C(=O)NCCCO)nn3)C2)c(C)c1C. The van der Waals surface area contributed by atoms with E-state index >= 15 is 0 Å². The molecule has 0 bridgehead atoms. The number of aliphatic hydroxyl groups excluding tert-OH is 1. The Morgan fingerprint density at radius 3 is 2.93 bits per heavy atom. The molecule has 1 aromatic heterocycles. The van der Waals surface area contributed by atoms with Crippen LogP contribution in [0.25, 0.3) is 0 Å². The van der Waals surface area contributed by atoms with Gasteiger partial charge < -0.3 is 15.2 Å². The van der Waals surface area contributed by atoms with Gasteiger partial charge in [-0.1, -0.05) is 11.3 Å². The molecule has 8 heteroatoms. The van der Waals surface area contributed by atoms with Crippen LogP contribution in [0.4, 0.5) is 0 Å². The minimum atomic E-state index is -0.248. The summed E-state index contributed by atoms with van der Waals surface area (Å²) in [4.78, 5) is 14.5. The van der Waals surface area contributed by atoms with Crippen molar-refractivity contribution in [1.82, 2.24) is 25.2 Å². The zero-order valence-electron chi connectivity index (χ0n) is 17.5. The molecule has 158 valence electrons. The molecular formula is C21H31N5O3. The number of aliphatic hydroxyl groups is 1. The number of rotatable bonds is 8. The molecule has 1 fully saturated rings. The van der Waals surface area contributed by atoms with Gasteiger partial charge in [0.05, 0.1) is 19.3 Å². The van der Waals surface area contributed by atoms with Crippen molar-refractivity contribution in [3.8, 4) is 5.75 Å². The van der Waals surface area contributed by atoms with Crippen LogP contribution in [0, 0.1) is 13.8 Å². The molecule has 1 aromatic carbocycles. The molecule has 1 atom stereocenters. The smallest absolute Gasteiger partial charge is 0.273 e. The van der Waals surface area contributed by atoms with E-state index in [1.54, 1.807) is 13.3 Å². The lowest BCUT2D eigenvalue weighted by atomic mass is 10.00. The summed E-state index contributed by atoms with van der Waals surface area (Å²) in [6, 6.07) is 4.39. The standard InChI is InChI=1S/C21H31N5O3/c1-15-16(2)20(29-3)8-7-17(15)12-25-10-4-6-18(13-25)26-14-19(23-24-26)21(28)22-9-5-11-27/h7-8,14,18,27H,4-6,9-13H2,1-3H3,(H,22,28)/t18-/m0/s1. The van der Waals surface area contributed by atoms with E-state index < -0.39 is 0 Å². The number of hydrogen-bond donors (Lipinski definition) is 2. The first kappa shape index (κ1) is 21.3. The van der Waals surface area contributed by atoms with Gasteiger partial charge in [0.1, 0.15) is 5.75 Å². The third-order valence-electron chi connectivity index (χ3n) is 5.68. The largest absolute Gasteiger partial charge is 0.496 e. The average molecular weight is 402 g/mol. The van der Waals surface area contributed by atoms with Crippen LogP contribution in [0.15, 0.2) is 18.3 Å². The molecule has 0 saturated carbocycles. The predicted molar refractivity (Wildman–Crippen MR) is 110 cm³/mol. The summed E-state index contributed by atoms with van der Waals surface area (Å²) < 4.78 is 7.24. The van der Waals surface area contributed by atoms with E-state index in [-0.39, 0.29) is 18.6 Å². The van der Waals surface area contributed by atoms with Crippen LogP contribution in [0.2, 0.25) is 0 Å². The molecule has 8 nitrogen and oxygen atoms in total. The molecule has 2 aromatic rings. The highest BCUT2D eigenvalue weighted by atomic mass is 16.5. The quantitative estimate of drug-likeness (QED) is 0.656. The van der Waals surface area contributed by atoms with E-state index in [2.05, 4.69) is 40.4 Å². The highest BCUT2D eigenvalue weighted by molar-refractivity contribution is 5.91. The maximum atomic E-state index is 12.1. The number of methoxy groups -OCH3 is 1. The maximum Gasteiger partial charge on any atom is 0.273 e. The van der Waals surface area contributed by atoms with Gasteiger partial charge >= 0.3 is 0 Å². The van der Waals surface area contributed by atoms with Crippen LogP contribution in [-0.4, -0.2) is 64.3 Å². The number of hydrogen-bond acceptors (Lipinski definition) is 6. The lowest BCUT2D eigenvalue weighted by Crippen LogP contribution is -2.36. The van der Waals surface area contributed by atoms with Crippen molar-refractivity contribution in [1.29, 1.82) is 0 Å². The summed E-state index contributed by atoms with van der Waals surface area (Å²) in [5.41, 5.74) is 4.09. The van der Waals surface area contributed by atoms with Gasteiger partial charge in [-0.2, -0.15) is 0 Å². The van der Waals surface area contributed by atoms with E-state index in [4.69, 9.17) is 9.84 Å². The number of benzene rings is 1. The van der Waals surface area contributed by atoms with E-state index in [1.807, 2.05) is 10.7 Å². The molecule has 1 aliphatic rings. The number of ether oxygens (including phenoxy) is 1. The van der Waals surface area contributed by atoms with Crippen LogP contribution in [-0.2, 0) is 6.54 Å². The Balaban J connectivity index is 1.63. The molecular weight excluding hydrogens is 370 g/mol. The topological polar surface area (TPSA) is 92.5 Å². The second-order valence-corrected chi connectivity index (χ2v) is 7.62. The van der Waals surface area contributed by atoms with Crippen molar-refractivity contribution < 1.29 is 14.6 Å². The van der Waals surface area contributed by atoms with Crippen LogP contribution in [0.1, 0.15) is 52.5 Å². The number of nitrogens with one attached hydrogen (secondary N) is 1. The Morgan fingerprint density at radius 2 is 2.17 bits per heavy atom. The first-order valence-corrected chi connectivity index (χ1v) is 10.2. The van der Waals surface area contributed by atoms with Gasteiger partial charge in [0.25, 0.3) is 5.91 Å². The lowest BCUT2D eigenvalue weighted by Gasteiger charge is -2.33. The number of carbonyl (C=O) groups excluding carboxylic acids is 1. The number of piperidine rings is 1. The Bertz CT molecular complexity index is 836. The highest BCUT2D eigenvalue weighted by Crippen LogP contribution is 2.27. The molecule has 1 amide bonds. The minimum Gasteiger partial charge on any atom is -0.496 e. The molecule has 29 heavy (non-hydrogen) atoms. The van der Waals surface area contributed by atoms with E-state index in [9.17, 15) is 4.79 Å². The van der Waals surface area contributed by atoms with Crippen LogP contribution in [0.3, 0.4) is 0 Å². The highest BCUT2D eigenvalue weighted by Gasteiger charge is 2.24. The summed E-state index contributed by atoms with van der Waals surface area (Å²) in [6.45, 7) is 7.53. The monoisotopic (exact) mass is 401 g/mol. The normalized spacial score (nSPS) is 17.3. The second-order valence-electron chi connectivity index (χ2n) is 7.62. The summed E-state index contributed by atoms with van der Waals surface area (Å²) in [5.74, 6) is 0.678. The fourth-order valence-electron chi connectivity index (χ4n) is 3.81. The molecule has 2 N–H and O–H groups in total. The first-order chi connectivity index (χ1) is 14.0. The first-order valence-electron chi connectivity index (χ1n) is 10.2. The number of amides is 1. The van der Waals surface area contributed by atoms with Crippen molar-refractivity contribution >= 4 is 5.91 Å². The van der Waals surface area contributed by atoms with Crippen molar-refractivity contribution in [2.75, 3.05) is 33.4 Å². The van der Waals surface area contributed by atoms with Crippen molar-refractivity contribution in [3.05, 3.63) is 40.7 Å². The molecule has 2 heterocycles. The summed E-state index contributed by atoms with van der Waals surface area (Å²) in [6.07, 6.45) is 4.36. The van der Waals surface area contributed by atoms with Gasteiger partial charge in [0.15, 0.2) is 5.69 Å². The van der Waals surface area contributed by atoms with Crippen molar-refractivity contribution in [2.24, 2.45) is 0 Å². The fourth-order valence-corrected chi connectivity index (χ4v) is 3.81. The summed E-state index contributed by atoms with van der Waals surface area (Å²) in [5, 5.41) is 19.8. The van der Waals surface area contributed by atoms with Crippen LogP contribution in [0.5, 0.6) is 5.75 Å². The lowest BCUT2D eigenvalue weighted by molar-refractivity contribution is 0.0946. The molecule has 0 unspecified atom stereocenters. The third-order valence-corrected chi connectivity index (χ3v) is 5.68. The van der Waals surface area contributed by atoms with Crippen LogP contribution < -0.4 is 10.1 Å². The van der Waals surface area contributed by atoms with Crippen molar-refractivity contribution in [3.63, 3.8) is 0 Å². The van der Waals surface area contributed by atoms with Gasteiger partial charge in [0, 0.05) is 26.2 Å². The predicted octanol–water partition coefficient (Wildman–Crippen LogP) is 1.85. The zero-order chi connectivity index (χ0) is 20.8. The molecule has 0 spiro atoms. The molecule has 0 radical (unpaired) electrons. The Labute approximate surface area is 171 Å². The second kappa shape index (κ2) is 9.84. The number of likely N-dealkylation sites (tertiary alicyclic amines) is 1. The summed E-state index contributed by atoms with van der Waals surface area (Å²) in [7, 11) is 1.70. The Kier molecular flexibility index (Phi) is 7.22. The zero-order valence-corrected chi connectivity index (χ0v) is 17.5. The fraction of sp³-hybridized carbons (Fsp3) is 0.571. The molecule has 1 saturated heterocycles. The number of aromatic nitrogens is 3. The molecule has 0 aliphatic carbocycles. The van der Waals surface area contributed by atoms with Gasteiger partial charge in [-0.05, 0) is 62.4 Å². The van der Waals surface area contributed by atoms with Gasteiger partial charge in [-0.15, -0.1) is 5.10 Å². The van der Waals surface area contributed by atoms with Crippen molar-refractivity contribution in [2.45, 2.75) is 45.7 Å². The third kappa shape index (κ3) is 5.13. The Hall–Kier alpha value is -2.45. The number of carbonyl (C=O) groups is 1. The van der Waals surface area contributed by atoms with Gasteiger partial charge in [-0.3, -0.25) is 9.69 Å². The Morgan fingerprint density at radius 1 is 1.34 bits per heavy atom. The number of nitrogens with zero attached hydrogens (tertiary/aromatic N) is 4. The maximum absolute atomic E-state index is 12.1. The molecule has 3 rings (SSSR count). The average Bonchev–Trinajstić information content (AvgIpc) is 3.22. The van der Waals surface area contributed by atoms with E-state index in [0.717, 1.165) is 38.2 Å².